The number of imide groups is 1. The summed E-state index contributed by atoms with van der Waals surface area (Å²) in [5, 5.41) is 13.5. The number of hydrogen-bond donors (Lipinski definition) is 1. The van der Waals surface area contributed by atoms with Crippen molar-refractivity contribution in [3.8, 4) is 5.75 Å². The van der Waals surface area contributed by atoms with Crippen LogP contribution in [0.15, 0.2) is 36.4 Å². The molecule has 2 aliphatic heterocycles. The predicted octanol–water partition coefficient (Wildman–Crippen LogP) is 6.02. The largest absolute Gasteiger partial charge is 0.493 e. The molecule has 0 bridgehead atoms. The summed E-state index contributed by atoms with van der Waals surface area (Å²) in [6.07, 6.45) is -10.3. The van der Waals surface area contributed by atoms with Crippen molar-refractivity contribution in [1.82, 2.24) is 10.2 Å². The van der Waals surface area contributed by atoms with Crippen LogP contribution in [0.2, 0.25) is 0 Å². The Morgan fingerprint density at radius 1 is 1.05 bits per heavy atom. The molecule has 0 spiro atoms. The molecule has 42 heavy (non-hydrogen) atoms. The van der Waals surface area contributed by atoms with Crippen molar-refractivity contribution < 1.29 is 50.3 Å². The molecule has 4 rings (SSSR count). The number of carbonyl (C=O) groups is 2. The predicted molar refractivity (Wildman–Crippen MR) is 134 cm³/mol. The van der Waals surface area contributed by atoms with Crippen molar-refractivity contribution >= 4 is 17.6 Å². The lowest BCUT2D eigenvalue weighted by atomic mass is 9.87. The van der Waals surface area contributed by atoms with Gasteiger partial charge in [-0.2, -0.15) is 26.3 Å². The number of non-ortho nitro benzene ring substituents is 1. The summed E-state index contributed by atoms with van der Waals surface area (Å²) in [6, 6.07) is 6.40. The van der Waals surface area contributed by atoms with Crippen molar-refractivity contribution in [1.29, 1.82) is 0 Å². The highest BCUT2D eigenvalue weighted by Gasteiger charge is 2.75. The first-order valence-electron chi connectivity index (χ1n) is 13.0. The smallest absolute Gasteiger partial charge is 0.430 e. The fourth-order valence-corrected chi connectivity index (χ4v) is 5.28. The first-order chi connectivity index (χ1) is 19.6. The number of benzene rings is 2. The topological polar surface area (TPSA) is 111 Å². The molecule has 1 fully saturated rings. The number of amides is 3. The van der Waals surface area contributed by atoms with E-state index in [2.05, 4.69) is 10.1 Å². The number of hydrogen-bond acceptors (Lipinski definition) is 6. The molecule has 228 valence electrons. The number of ether oxygens (including phenoxy) is 2. The maximum atomic E-state index is 13.7. The number of fused-ring (bicyclic) bond motifs is 1. The lowest BCUT2D eigenvalue weighted by Crippen LogP contribution is -2.53. The van der Waals surface area contributed by atoms with Gasteiger partial charge in [0.05, 0.1) is 18.1 Å². The standard InChI is InChI=1S/C27H27F6N3O6/c1-3-6-18-19-15-42-25(26(28,29)30,27(31,32)33)20(19)11-12-21(18)41-14-5-4-13-35-22(37)24(2,34-23(35)38)16-7-9-17(10-8-16)36(39)40/h7-12H,3-6,13-15H2,1-2H3,(H,34,38). The zero-order chi connectivity index (χ0) is 31.1. The number of unbranched alkanes of at least 4 members (excludes halogenated alkanes) is 1. The summed E-state index contributed by atoms with van der Waals surface area (Å²) in [6.45, 7) is 2.36. The summed E-state index contributed by atoms with van der Waals surface area (Å²) in [5.74, 6) is -0.413. The van der Waals surface area contributed by atoms with E-state index >= 15 is 0 Å². The lowest BCUT2D eigenvalue weighted by molar-refractivity contribution is -0.385. The van der Waals surface area contributed by atoms with Crippen LogP contribution < -0.4 is 10.1 Å². The quantitative estimate of drug-likeness (QED) is 0.117. The van der Waals surface area contributed by atoms with Crippen LogP contribution in [-0.2, 0) is 33.7 Å². The van der Waals surface area contributed by atoms with E-state index in [1.54, 1.807) is 6.92 Å². The van der Waals surface area contributed by atoms with Gasteiger partial charge in [-0.05, 0) is 55.5 Å². The molecule has 15 heteroatoms. The van der Waals surface area contributed by atoms with E-state index in [1.165, 1.54) is 31.2 Å². The Labute approximate surface area is 235 Å². The second kappa shape index (κ2) is 11.1. The van der Waals surface area contributed by atoms with E-state index in [9.17, 15) is 46.0 Å². The molecule has 2 heterocycles. The first-order valence-corrected chi connectivity index (χ1v) is 13.0. The first kappa shape index (κ1) is 31.1. The molecular formula is C27H27F6N3O6. The molecule has 1 saturated heterocycles. The minimum atomic E-state index is -5.73. The van der Waals surface area contributed by atoms with Crippen molar-refractivity contribution in [2.75, 3.05) is 13.2 Å². The fraction of sp³-hybridized carbons (Fsp3) is 0.481. The Morgan fingerprint density at radius 2 is 1.69 bits per heavy atom. The maximum absolute atomic E-state index is 13.7. The molecule has 0 radical (unpaired) electrons. The number of rotatable bonds is 10. The van der Waals surface area contributed by atoms with Crippen LogP contribution in [0.25, 0.3) is 0 Å². The molecule has 0 aliphatic carbocycles. The number of alkyl halides is 6. The van der Waals surface area contributed by atoms with E-state index in [-0.39, 0.29) is 48.6 Å². The number of halogens is 6. The van der Waals surface area contributed by atoms with E-state index in [1.807, 2.05) is 0 Å². The molecule has 1 atom stereocenters. The van der Waals surface area contributed by atoms with Crippen molar-refractivity contribution in [3.05, 3.63) is 68.8 Å². The third-order valence-electron chi connectivity index (χ3n) is 7.46. The molecule has 2 aliphatic rings. The van der Waals surface area contributed by atoms with Crippen LogP contribution >= 0.6 is 0 Å². The van der Waals surface area contributed by atoms with E-state index in [4.69, 9.17) is 4.74 Å². The number of carbonyl (C=O) groups excluding carboxylic acids is 2. The Balaban J connectivity index is 1.41. The van der Waals surface area contributed by atoms with Gasteiger partial charge in [-0.3, -0.25) is 19.8 Å². The molecule has 2 aromatic carbocycles. The molecule has 0 saturated carbocycles. The second-order valence-electron chi connectivity index (χ2n) is 10.2. The maximum Gasteiger partial charge on any atom is 0.430 e. The number of nitro benzene ring substituents is 1. The van der Waals surface area contributed by atoms with Gasteiger partial charge in [0.2, 0.25) is 0 Å². The van der Waals surface area contributed by atoms with Crippen LogP contribution in [0.1, 0.15) is 55.4 Å². The SMILES string of the molecule is CCCc1c(OCCCCN2C(=O)NC(C)(c3ccc([N+](=O)[O-])cc3)C2=O)ccc2c1COC2(C(F)(F)F)C(F)(F)F. The fourth-order valence-electron chi connectivity index (χ4n) is 5.28. The molecule has 2 aromatic rings. The molecule has 0 aromatic heterocycles. The van der Waals surface area contributed by atoms with Gasteiger partial charge >= 0.3 is 18.4 Å². The van der Waals surface area contributed by atoms with Crippen molar-refractivity contribution in [3.63, 3.8) is 0 Å². The molecule has 1 N–H and O–H groups in total. The highest BCUT2D eigenvalue weighted by Crippen LogP contribution is 2.58. The molecule has 3 amide bonds. The number of nitro groups is 1. The van der Waals surface area contributed by atoms with Gasteiger partial charge in [-0.15, -0.1) is 0 Å². The van der Waals surface area contributed by atoms with Gasteiger partial charge in [0, 0.05) is 29.8 Å². The van der Waals surface area contributed by atoms with Gasteiger partial charge in [-0.25, -0.2) is 4.79 Å². The lowest BCUT2D eigenvalue weighted by Gasteiger charge is -2.33. The Hall–Kier alpha value is -3.88. The van der Waals surface area contributed by atoms with Crippen molar-refractivity contribution in [2.45, 2.75) is 69.6 Å². The monoisotopic (exact) mass is 603 g/mol. The van der Waals surface area contributed by atoms with Crippen LogP contribution in [0, 0.1) is 10.1 Å². The molecule has 1 unspecified atom stereocenters. The summed E-state index contributed by atoms with van der Waals surface area (Å²) < 4.78 is 92.5. The van der Waals surface area contributed by atoms with Gasteiger partial charge in [-0.1, -0.05) is 19.4 Å². The van der Waals surface area contributed by atoms with E-state index in [0.717, 1.165) is 17.0 Å². The minimum absolute atomic E-state index is 0.0100. The van der Waals surface area contributed by atoms with Gasteiger partial charge in [0.15, 0.2) is 0 Å². The highest BCUT2D eigenvalue weighted by molar-refractivity contribution is 6.07. The van der Waals surface area contributed by atoms with Gasteiger partial charge in [0.25, 0.3) is 17.2 Å². The summed E-state index contributed by atoms with van der Waals surface area (Å²) in [5.41, 5.74) is -6.63. The second-order valence-corrected chi connectivity index (χ2v) is 10.2. The highest BCUT2D eigenvalue weighted by atomic mass is 19.4. The average molecular weight is 604 g/mol. The number of nitrogens with one attached hydrogen (secondary N) is 1. The Kier molecular flexibility index (Phi) is 8.19. The Bertz CT molecular complexity index is 1360. The number of nitrogens with zero attached hydrogens (tertiary/aromatic N) is 2. The van der Waals surface area contributed by atoms with Gasteiger partial charge < -0.3 is 14.8 Å². The van der Waals surface area contributed by atoms with Crippen LogP contribution in [0.3, 0.4) is 0 Å². The summed E-state index contributed by atoms with van der Waals surface area (Å²) in [7, 11) is 0. The molecule has 9 nitrogen and oxygen atoms in total. The summed E-state index contributed by atoms with van der Waals surface area (Å²) >= 11 is 0. The third kappa shape index (κ3) is 5.14. The van der Waals surface area contributed by atoms with Gasteiger partial charge in [0.1, 0.15) is 11.3 Å². The minimum Gasteiger partial charge on any atom is -0.493 e. The normalized spacial score (nSPS) is 20.0. The summed E-state index contributed by atoms with van der Waals surface area (Å²) in [4.78, 5) is 36.9. The average Bonchev–Trinajstić information content (AvgIpc) is 3.42. The van der Waals surface area contributed by atoms with E-state index in [0.29, 0.717) is 18.4 Å². The third-order valence-corrected chi connectivity index (χ3v) is 7.46. The molecular weight excluding hydrogens is 576 g/mol. The Morgan fingerprint density at radius 3 is 2.26 bits per heavy atom. The zero-order valence-electron chi connectivity index (χ0n) is 22.5. The van der Waals surface area contributed by atoms with Crippen LogP contribution in [0.4, 0.5) is 36.8 Å². The van der Waals surface area contributed by atoms with Crippen molar-refractivity contribution in [2.24, 2.45) is 0 Å². The number of urea groups is 1. The van der Waals surface area contributed by atoms with Crippen LogP contribution in [0.5, 0.6) is 5.75 Å². The van der Waals surface area contributed by atoms with Crippen LogP contribution in [-0.4, -0.2) is 47.3 Å². The zero-order valence-corrected chi connectivity index (χ0v) is 22.5. The van der Waals surface area contributed by atoms with E-state index < -0.39 is 52.5 Å².